The maximum atomic E-state index is 12.6. The standard InChI is InChI=1S/C19H24N2O4/c1-5-24-17(22)16-10-13-12-8-6-7-9-14(12)20-15(13)11-21(16)18(23)25-19(2,3)4/h6-9,16,20H,5,10-11H2,1-4H3/t16-/m1/s1. The van der Waals surface area contributed by atoms with Crippen LogP contribution in [0.4, 0.5) is 4.79 Å². The number of para-hydroxylation sites is 1. The monoisotopic (exact) mass is 344 g/mol. The molecule has 1 N–H and O–H groups in total. The summed E-state index contributed by atoms with van der Waals surface area (Å²) in [6, 6.07) is 7.26. The summed E-state index contributed by atoms with van der Waals surface area (Å²) in [5.41, 5.74) is 2.37. The van der Waals surface area contributed by atoms with E-state index in [0.29, 0.717) is 13.0 Å². The Balaban J connectivity index is 1.98. The molecule has 1 aromatic carbocycles. The molecular formula is C19H24N2O4. The molecule has 0 unspecified atom stereocenters. The first-order valence-corrected chi connectivity index (χ1v) is 8.55. The molecule has 2 heterocycles. The number of carbonyl (C=O) groups excluding carboxylic acids is 2. The van der Waals surface area contributed by atoms with Crippen LogP contribution in [0, 0.1) is 0 Å². The van der Waals surface area contributed by atoms with Gasteiger partial charge in [0.15, 0.2) is 0 Å². The Labute approximate surface area is 147 Å². The number of aromatic amines is 1. The van der Waals surface area contributed by atoms with Crippen molar-refractivity contribution < 1.29 is 19.1 Å². The van der Waals surface area contributed by atoms with Gasteiger partial charge in [-0.1, -0.05) is 18.2 Å². The molecule has 0 spiro atoms. The van der Waals surface area contributed by atoms with Gasteiger partial charge < -0.3 is 14.5 Å². The molecule has 0 saturated carbocycles. The minimum atomic E-state index is -0.679. The van der Waals surface area contributed by atoms with E-state index < -0.39 is 23.7 Å². The number of hydrogen-bond acceptors (Lipinski definition) is 4. The van der Waals surface area contributed by atoms with Crippen LogP contribution in [-0.4, -0.2) is 40.2 Å². The molecule has 25 heavy (non-hydrogen) atoms. The van der Waals surface area contributed by atoms with Crippen LogP contribution < -0.4 is 0 Å². The number of benzene rings is 1. The lowest BCUT2D eigenvalue weighted by atomic mass is 9.97. The third-order valence-corrected chi connectivity index (χ3v) is 4.19. The first-order valence-electron chi connectivity index (χ1n) is 8.55. The highest BCUT2D eigenvalue weighted by atomic mass is 16.6. The van der Waals surface area contributed by atoms with E-state index >= 15 is 0 Å². The maximum absolute atomic E-state index is 12.6. The number of nitrogens with one attached hydrogen (secondary N) is 1. The predicted molar refractivity (Wildman–Crippen MR) is 94.2 cm³/mol. The molecule has 0 saturated heterocycles. The average Bonchev–Trinajstić information content (AvgIpc) is 2.90. The second-order valence-corrected chi connectivity index (χ2v) is 7.21. The van der Waals surface area contributed by atoms with Gasteiger partial charge in [0.25, 0.3) is 0 Å². The molecular weight excluding hydrogens is 320 g/mol. The van der Waals surface area contributed by atoms with Crippen molar-refractivity contribution >= 4 is 23.0 Å². The number of rotatable bonds is 2. The van der Waals surface area contributed by atoms with E-state index in [1.807, 2.05) is 45.0 Å². The minimum absolute atomic E-state index is 0.276. The van der Waals surface area contributed by atoms with Crippen LogP contribution in [0.2, 0.25) is 0 Å². The number of ether oxygens (including phenoxy) is 2. The van der Waals surface area contributed by atoms with Crippen LogP contribution >= 0.6 is 0 Å². The van der Waals surface area contributed by atoms with Crippen LogP contribution in [-0.2, 0) is 27.2 Å². The summed E-state index contributed by atoms with van der Waals surface area (Å²) in [6.07, 6.45) is -0.0907. The Morgan fingerprint density at radius 3 is 2.68 bits per heavy atom. The van der Waals surface area contributed by atoms with E-state index in [2.05, 4.69) is 4.98 Å². The van der Waals surface area contributed by atoms with Gasteiger partial charge in [-0.2, -0.15) is 0 Å². The normalized spacial score (nSPS) is 17.3. The predicted octanol–water partition coefficient (Wildman–Crippen LogP) is 3.39. The van der Waals surface area contributed by atoms with Crippen LogP contribution in [0.25, 0.3) is 10.9 Å². The summed E-state index contributed by atoms with van der Waals surface area (Å²) in [7, 11) is 0. The molecule has 1 aliphatic rings. The number of aromatic nitrogens is 1. The smallest absolute Gasteiger partial charge is 0.411 e. The van der Waals surface area contributed by atoms with Gasteiger partial charge in [0.05, 0.1) is 13.2 Å². The number of nitrogens with zero attached hydrogens (tertiary/aromatic N) is 1. The van der Waals surface area contributed by atoms with Gasteiger partial charge >= 0.3 is 12.1 Å². The SMILES string of the molecule is CCOC(=O)[C@H]1Cc2c([nH]c3ccccc23)CN1C(=O)OC(C)(C)C. The number of hydrogen-bond donors (Lipinski definition) is 1. The number of carbonyl (C=O) groups is 2. The molecule has 0 fully saturated rings. The van der Waals surface area contributed by atoms with Crippen molar-refractivity contribution in [3.63, 3.8) is 0 Å². The number of H-pyrrole nitrogens is 1. The fraction of sp³-hybridized carbons (Fsp3) is 0.474. The van der Waals surface area contributed by atoms with E-state index in [9.17, 15) is 9.59 Å². The molecule has 3 rings (SSSR count). The van der Waals surface area contributed by atoms with Crippen molar-refractivity contribution in [3.8, 4) is 0 Å². The zero-order valence-electron chi connectivity index (χ0n) is 15.1. The third-order valence-electron chi connectivity index (χ3n) is 4.19. The van der Waals surface area contributed by atoms with Crippen molar-refractivity contribution in [2.45, 2.75) is 52.3 Å². The lowest BCUT2D eigenvalue weighted by molar-refractivity contribution is -0.150. The lowest BCUT2D eigenvalue weighted by Gasteiger charge is -2.35. The third kappa shape index (κ3) is 3.48. The number of fused-ring (bicyclic) bond motifs is 3. The maximum Gasteiger partial charge on any atom is 0.411 e. The molecule has 0 radical (unpaired) electrons. The molecule has 1 amide bonds. The van der Waals surface area contributed by atoms with Gasteiger partial charge in [-0.3, -0.25) is 4.90 Å². The number of amides is 1. The highest BCUT2D eigenvalue weighted by Gasteiger charge is 2.39. The van der Waals surface area contributed by atoms with Crippen LogP contribution in [0.1, 0.15) is 39.0 Å². The van der Waals surface area contributed by atoms with Gasteiger partial charge in [0.2, 0.25) is 0 Å². The summed E-state index contributed by atoms with van der Waals surface area (Å²) in [5.74, 6) is -0.399. The lowest BCUT2D eigenvalue weighted by Crippen LogP contribution is -2.50. The fourth-order valence-electron chi connectivity index (χ4n) is 3.17. The molecule has 0 aliphatic carbocycles. The Bertz CT molecular complexity index is 803. The highest BCUT2D eigenvalue weighted by molar-refractivity contribution is 5.88. The Hall–Kier alpha value is -2.50. The topological polar surface area (TPSA) is 71.6 Å². The van der Waals surface area contributed by atoms with E-state index in [-0.39, 0.29) is 6.61 Å². The minimum Gasteiger partial charge on any atom is -0.464 e. The second kappa shape index (κ2) is 6.43. The van der Waals surface area contributed by atoms with Gasteiger partial charge in [-0.05, 0) is 39.3 Å². The van der Waals surface area contributed by atoms with Crippen molar-refractivity contribution in [2.75, 3.05) is 6.61 Å². The van der Waals surface area contributed by atoms with Crippen LogP contribution in [0.3, 0.4) is 0 Å². The van der Waals surface area contributed by atoms with Crippen LogP contribution in [0.15, 0.2) is 24.3 Å². The van der Waals surface area contributed by atoms with Crippen molar-refractivity contribution in [1.29, 1.82) is 0 Å². The van der Waals surface area contributed by atoms with E-state index in [0.717, 1.165) is 22.2 Å². The number of esters is 1. The zero-order valence-corrected chi connectivity index (χ0v) is 15.1. The summed E-state index contributed by atoms with van der Waals surface area (Å²) in [6.45, 7) is 7.75. The molecule has 1 atom stereocenters. The van der Waals surface area contributed by atoms with E-state index in [1.54, 1.807) is 6.92 Å². The Morgan fingerprint density at radius 1 is 1.28 bits per heavy atom. The van der Waals surface area contributed by atoms with Crippen LogP contribution in [0.5, 0.6) is 0 Å². The molecule has 6 nitrogen and oxygen atoms in total. The summed E-state index contributed by atoms with van der Waals surface area (Å²) in [5, 5.41) is 1.08. The van der Waals surface area contributed by atoms with E-state index in [4.69, 9.17) is 9.47 Å². The molecule has 2 aromatic rings. The van der Waals surface area contributed by atoms with Crippen molar-refractivity contribution in [2.24, 2.45) is 0 Å². The van der Waals surface area contributed by atoms with Gasteiger partial charge in [-0.25, -0.2) is 9.59 Å². The first kappa shape index (κ1) is 17.3. The highest BCUT2D eigenvalue weighted by Crippen LogP contribution is 2.31. The molecule has 6 heteroatoms. The second-order valence-electron chi connectivity index (χ2n) is 7.21. The van der Waals surface area contributed by atoms with Gasteiger partial charge in [0, 0.05) is 23.0 Å². The van der Waals surface area contributed by atoms with E-state index in [1.165, 1.54) is 4.90 Å². The Morgan fingerprint density at radius 2 is 2.00 bits per heavy atom. The summed E-state index contributed by atoms with van der Waals surface area (Å²) in [4.78, 5) is 29.9. The quantitative estimate of drug-likeness (QED) is 0.848. The fourth-order valence-corrected chi connectivity index (χ4v) is 3.17. The van der Waals surface area contributed by atoms with Crippen molar-refractivity contribution in [1.82, 2.24) is 9.88 Å². The molecule has 1 aliphatic heterocycles. The Kier molecular flexibility index (Phi) is 4.45. The average molecular weight is 344 g/mol. The molecule has 134 valence electrons. The van der Waals surface area contributed by atoms with Gasteiger partial charge in [0.1, 0.15) is 11.6 Å². The van der Waals surface area contributed by atoms with Crippen molar-refractivity contribution in [3.05, 3.63) is 35.5 Å². The van der Waals surface area contributed by atoms with Gasteiger partial charge in [-0.15, -0.1) is 0 Å². The summed E-state index contributed by atoms with van der Waals surface area (Å²) < 4.78 is 10.7. The first-order chi connectivity index (χ1) is 11.8. The largest absolute Gasteiger partial charge is 0.464 e. The zero-order chi connectivity index (χ0) is 18.2. The molecule has 1 aromatic heterocycles. The molecule has 0 bridgehead atoms. The summed E-state index contributed by atoms with van der Waals surface area (Å²) >= 11 is 0.